The quantitative estimate of drug-likeness (QED) is 0.913. The first-order valence-electron chi connectivity index (χ1n) is 7.16. The summed E-state index contributed by atoms with van der Waals surface area (Å²) in [5, 5.41) is 3.27. The highest BCUT2D eigenvalue weighted by atomic mass is 16.2. The van der Waals surface area contributed by atoms with E-state index in [1.165, 1.54) is 0 Å². The molecule has 1 aromatic heterocycles. The Hall–Kier alpha value is -2.36. The van der Waals surface area contributed by atoms with Gasteiger partial charge in [0.25, 0.3) is 5.91 Å². The van der Waals surface area contributed by atoms with Gasteiger partial charge in [0.2, 0.25) is 0 Å². The molecule has 0 saturated carbocycles. The summed E-state index contributed by atoms with van der Waals surface area (Å²) in [5.41, 5.74) is 3.43. The van der Waals surface area contributed by atoms with E-state index < -0.39 is 0 Å². The summed E-state index contributed by atoms with van der Waals surface area (Å²) in [6, 6.07) is 9.73. The Kier molecular flexibility index (Phi) is 4.93. The maximum absolute atomic E-state index is 12.7. The molecule has 0 aliphatic rings. The van der Waals surface area contributed by atoms with Gasteiger partial charge < -0.3 is 10.2 Å². The maximum atomic E-state index is 12.7. The number of nitrogens with one attached hydrogen (secondary N) is 1. The third-order valence-electron chi connectivity index (χ3n) is 3.31. The fraction of sp³-hybridized carbons (Fsp3) is 0.294. The van der Waals surface area contributed by atoms with Crippen molar-refractivity contribution in [2.24, 2.45) is 0 Å². The average molecular weight is 283 g/mol. The summed E-state index contributed by atoms with van der Waals surface area (Å²) >= 11 is 0. The van der Waals surface area contributed by atoms with Crippen LogP contribution in [-0.4, -0.2) is 24.5 Å². The highest BCUT2D eigenvalue weighted by Crippen LogP contribution is 2.20. The van der Waals surface area contributed by atoms with Crippen LogP contribution in [0, 0.1) is 6.92 Å². The second-order valence-corrected chi connectivity index (χ2v) is 5.05. The van der Waals surface area contributed by atoms with E-state index in [1.807, 2.05) is 37.3 Å². The largest absolute Gasteiger partial charge is 0.384 e. The van der Waals surface area contributed by atoms with Gasteiger partial charge >= 0.3 is 0 Å². The maximum Gasteiger partial charge on any atom is 0.261 e. The van der Waals surface area contributed by atoms with Crippen molar-refractivity contribution in [3.8, 4) is 0 Å². The molecule has 0 fully saturated rings. The number of amides is 1. The average Bonchev–Trinajstić information content (AvgIpc) is 2.51. The minimum atomic E-state index is -0.0627. The van der Waals surface area contributed by atoms with Crippen LogP contribution in [0.2, 0.25) is 0 Å². The lowest BCUT2D eigenvalue weighted by Crippen LogP contribution is -2.27. The van der Waals surface area contributed by atoms with E-state index in [0.717, 1.165) is 29.9 Å². The van der Waals surface area contributed by atoms with Crippen molar-refractivity contribution in [1.82, 2.24) is 4.98 Å². The Balaban J connectivity index is 2.27. The molecule has 4 heteroatoms. The summed E-state index contributed by atoms with van der Waals surface area (Å²) in [7, 11) is 1.79. The molecule has 4 nitrogen and oxygen atoms in total. The van der Waals surface area contributed by atoms with Gasteiger partial charge in [0.15, 0.2) is 0 Å². The Morgan fingerprint density at radius 2 is 2.14 bits per heavy atom. The Labute approximate surface area is 125 Å². The Morgan fingerprint density at radius 3 is 2.86 bits per heavy atom. The van der Waals surface area contributed by atoms with Gasteiger partial charge in [-0.25, -0.2) is 0 Å². The van der Waals surface area contributed by atoms with Crippen molar-refractivity contribution < 1.29 is 4.79 Å². The summed E-state index contributed by atoms with van der Waals surface area (Å²) in [6.45, 7) is 4.94. The van der Waals surface area contributed by atoms with Crippen molar-refractivity contribution in [3.63, 3.8) is 0 Å². The number of carbonyl (C=O) groups is 1. The summed E-state index contributed by atoms with van der Waals surface area (Å²) in [4.78, 5) is 18.4. The summed E-state index contributed by atoms with van der Waals surface area (Å²) < 4.78 is 0. The van der Waals surface area contributed by atoms with Crippen LogP contribution in [0.5, 0.6) is 0 Å². The van der Waals surface area contributed by atoms with Crippen LogP contribution < -0.4 is 10.2 Å². The smallest absolute Gasteiger partial charge is 0.261 e. The van der Waals surface area contributed by atoms with Crippen LogP contribution in [0.3, 0.4) is 0 Å². The van der Waals surface area contributed by atoms with E-state index in [9.17, 15) is 4.79 Å². The number of pyridine rings is 1. The fourth-order valence-corrected chi connectivity index (χ4v) is 2.11. The number of hydrogen-bond donors (Lipinski definition) is 1. The first kappa shape index (κ1) is 15.0. The number of aryl methyl sites for hydroxylation is 1. The van der Waals surface area contributed by atoms with Gasteiger partial charge in [0.1, 0.15) is 0 Å². The SMILES string of the molecule is CCCNc1ccncc1C(=O)N(C)c1cccc(C)c1. The molecule has 110 valence electrons. The molecule has 0 aliphatic carbocycles. The third-order valence-corrected chi connectivity index (χ3v) is 3.31. The minimum Gasteiger partial charge on any atom is -0.384 e. The molecule has 0 radical (unpaired) electrons. The van der Waals surface area contributed by atoms with Crippen molar-refractivity contribution in [2.75, 3.05) is 23.8 Å². The highest BCUT2D eigenvalue weighted by Gasteiger charge is 2.17. The van der Waals surface area contributed by atoms with E-state index in [2.05, 4.69) is 17.2 Å². The Morgan fingerprint density at radius 1 is 1.33 bits per heavy atom. The third kappa shape index (κ3) is 3.60. The number of anilines is 2. The fourth-order valence-electron chi connectivity index (χ4n) is 2.11. The van der Waals surface area contributed by atoms with E-state index >= 15 is 0 Å². The molecule has 0 unspecified atom stereocenters. The van der Waals surface area contributed by atoms with Gasteiger partial charge in [-0.05, 0) is 37.1 Å². The molecule has 2 aromatic rings. The molecule has 21 heavy (non-hydrogen) atoms. The minimum absolute atomic E-state index is 0.0627. The van der Waals surface area contributed by atoms with Crippen LogP contribution >= 0.6 is 0 Å². The predicted molar refractivity (Wildman–Crippen MR) is 86.9 cm³/mol. The lowest BCUT2D eigenvalue weighted by Gasteiger charge is -2.19. The summed E-state index contributed by atoms with van der Waals surface area (Å²) in [5.74, 6) is -0.0627. The molecular formula is C17H21N3O. The lowest BCUT2D eigenvalue weighted by atomic mass is 10.1. The zero-order valence-corrected chi connectivity index (χ0v) is 12.8. The standard InChI is InChI=1S/C17H21N3O/c1-4-9-19-16-8-10-18-12-15(16)17(21)20(3)14-7-5-6-13(2)11-14/h5-8,10-12H,4,9H2,1-3H3,(H,18,19). The van der Waals surface area contributed by atoms with Gasteiger partial charge in [-0.3, -0.25) is 9.78 Å². The van der Waals surface area contributed by atoms with Crippen molar-refractivity contribution >= 4 is 17.3 Å². The second kappa shape index (κ2) is 6.88. The predicted octanol–water partition coefficient (Wildman–Crippen LogP) is 3.49. The van der Waals surface area contributed by atoms with Gasteiger partial charge in [-0.2, -0.15) is 0 Å². The number of rotatable bonds is 5. The molecule has 1 aromatic carbocycles. The van der Waals surface area contributed by atoms with Crippen LogP contribution in [0.1, 0.15) is 29.3 Å². The Bertz CT molecular complexity index is 625. The van der Waals surface area contributed by atoms with E-state index in [-0.39, 0.29) is 5.91 Å². The van der Waals surface area contributed by atoms with Crippen molar-refractivity contribution in [3.05, 3.63) is 53.9 Å². The normalized spacial score (nSPS) is 10.2. The number of aromatic nitrogens is 1. The monoisotopic (exact) mass is 283 g/mol. The lowest BCUT2D eigenvalue weighted by molar-refractivity contribution is 0.0993. The molecule has 0 bridgehead atoms. The summed E-state index contributed by atoms with van der Waals surface area (Å²) in [6.07, 6.45) is 4.32. The van der Waals surface area contributed by atoms with Crippen molar-refractivity contribution in [1.29, 1.82) is 0 Å². The van der Waals surface area contributed by atoms with Gasteiger partial charge in [0, 0.05) is 31.7 Å². The number of carbonyl (C=O) groups excluding carboxylic acids is 1. The second-order valence-electron chi connectivity index (χ2n) is 5.05. The topological polar surface area (TPSA) is 45.2 Å². The molecule has 0 saturated heterocycles. The number of nitrogens with zero attached hydrogens (tertiary/aromatic N) is 2. The molecule has 2 rings (SSSR count). The first-order valence-corrected chi connectivity index (χ1v) is 7.16. The van der Waals surface area contributed by atoms with E-state index in [1.54, 1.807) is 24.3 Å². The number of benzene rings is 1. The van der Waals surface area contributed by atoms with Crippen LogP contribution in [0.25, 0.3) is 0 Å². The van der Waals surface area contributed by atoms with Crippen LogP contribution in [0.15, 0.2) is 42.7 Å². The highest BCUT2D eigenvalue weighted by molar-refractivity contribution is 6.09. The first-order chi connectivity index (χ1) is 10.1. The molecular weight excluding hydrogens is 262 g/mol. The number of hydrogen-bond acceptors (Lipinski definition) is 3. The molecule has 0 spiro atoms. The van der Waals surface area contributed by atoms with Crippen molar-refractivity contribution in [2.45, 2.75) is 20.3 Å². The molecule has 0 atom stereocenters. The molecule has 1 N–H and O–H groups in total. The van der Waals surface area contributed by atoms with E-state index in [4.69, 9.17) is 0 Å². The van der Waals surface area contributed by atoms with Crippen LogP contribution in [0.4, 0.5) is 11.4 Å². The zero-order chi connectivity index (χ0) is 15.2. The molecule has 0 aliphatic heterocycles. The van der Waals surface area contributed by atoms with E-state index in [0.29, 0.717) is 5.56 Å². The van der Waals surface area contributed by atoms with Gasteiger partial charge in [-0.15, -0.1) is 0 Å². The van der Waals surface area contributed by atoms with Gasteiger partial charge in [-0.1, -0.05) is 19.1 Å². The van der Waals surface area contributed by atoms with Crippen LogP contribution in [-0.2, 0) is 0 Å². The zero-order valence-electron chi connectivity index (χ0n) is 12.8. The molecule has 1 heterocycles. The van der Waals surface area contributed by atoms with Gasteiger partial charge in [0.05, 0.1) is 11.3 Å². The molecule has 1 amide bonds.